The molecule has 0 amide bonds. The van der Waals surface area contributed by atoms with E-state index in [0.717, 1.165) is 67.2 Å². The monoisotopic (exact) mass is 481 g/mol. The highest BCUT2D eigenvalue weighted by molar-refractivity contribution is 6.10. The summed E-state index contributed by atoms with van der Waals surface area (Å²) in [6.45, 7) is 6.37. The first-order valence-electron chi connectivity index (χ1n) is 12.7. The molecule has 2 heterocycles. The standard InChI is InChI=1S/C27H39N5O3/c1-17(2)30-27-25(26(28)18-7-8-18)24(31-20-9-11-34-12-10-20)14-23(32-27)19-5-4-6-22(13-19)35-16-21(33)15-29-3/h4-6,13-14,17-18,20-21,28-29,33H,7-12,15-16H2,1-3H3,(H2,30,31,32). The molecule has 1 aliphatic carbocycles. The molecule has 2 aliphatic rings. The number of hydrogen-bond donors (Lipinski definition) is 5. The van der Waals surface area contributed by atoms with Crippen LogP contribution in [0.4, 0.5) is 11.5 Å². The number of nitrogens with one attached hydrogen (secondary N) is 4. The van der Waals surface area contributed by atoms with Gasteiger partial charge in [0.25, 0.3) is 0 Å². The van der Waals surface area contributed by atoms with Crippen molar-refractivity contribution in [3.63, 3.8) is 0 Å². The Balaban J connectivity index is 1.69. The summed E-state index contributed by atoms with van der Waals surface area (Å²) < 4.78 is 11.4. The van der Waals surface area contributed by atoms with Crippen molar-refractivity contribution < 1.29 is 14.6 Å². The number of nitrogens with zero attached hydrogens (tertiary/aromatic N) is 1. The van der Waals surface area contributed by atoms with Crippen LogP contribution in [-0.2, 0) is 4.74 Å². The largest absolute Gasteiger partial charge is 0.491 e. The zero-order valence-electron chi connectivity index (χ0n) is 21.1. The van der Waals surface area contributed by atoms with Gasteiger partial charge in [0.05, 0.1) is 11.3 Å². The van der Waals surface area contributed by atoms with Crippen molar-refractivity contribution in [2.75, 3.05) is 44.0 Å². The molecule has 190 valence electrons. The Morgan fingerprint density at radius 2 is 1.97 bits per heavy atom. The highest BCUT2D eigenvalue weighted by atomic mass is 16.5. The van der Waals surface area contributed by atoms with Gasteiger partial charge in [-0.25, -0.2) is 4.98 Å². The topological polar surface area (TPSA) is 112 Å². The minimum absolute atomic E-state index is 0.183. The van der Waals surface area contributed by atoms with E-state index in [1.165, 1.54) is 0 Å². The summed E-state index contributed by atoms with van der Waals surface area (Å²) in [7, 11) is 1.80. The normalized spacial score (nSPS) is 17.3. The number of likely N-dealkylation sites (N-methyl/N-ethyl adjacent to an activating group) is 1. The van der Waals surface area contributed by atoms with Gasteiger partial charge in [-0.05, 0) is 64.8 Å². The minimum Gasteiger partial charge on any atom is -0.491 e. The van der Waals surface area contributed by atoms with E-state index in [4.69, 9.17) is 19.9 Å². The highest BCUT2D eigenvalue weighted by Crippen LogP contribution is 2.39. The van der Waals surface area contributed by atoms with Gasteiger partial charge >= 0.3 is 0 Å². The molecule has 1 aliphatic heterocycles. The first kappa shape index (κ1) is 25.4. The molecule has 0 bridgehead atoms. The summed E-state index contributed by atoms with van der Waals surface area (Å²) in [6.07, 6.45) is 3.44. The van der Waals surface area contributed by atoms with Gasteiger partial charge < -0.3 is 35.9 Å². The number of aliphatic hydroxyl groups is 1. The third-order valence-corrected chi connectivity index (χ3v) is 6.29. The van der Waals surface area contributed by atoms with Crippen LogP contribution in [0.3, 0.4) is 0 Å². The quantitative estimate of drug-likeness (QED) is 0.292. The summed E-state index contributed by atoms with van der Waals surface area (Å²) in [5.74, 6) is 1.75. The van der Waals surface area contributed by atoms with E-state index in [-0.39, 0.29) is 12.6 Å². The summed E-state index contributed by atoms with van der Waals surface area (Å²) >= 11 is 0. The van der Waals surface area contributed by atoms with Crippen molar-refractivity contribution >= 4 is 17.2 Å². The molecular formula is C27H39N5O3. The maximum atomic E-state index is 10.00. The third-order valence-electron chi connectivity index (χ3n) is 6.29. The first-order chi connectivity index (χ1) is 16.9. The van der Waals surface area contributed by atoms with Gasteiger partial charge in [0.2, 0.25) is 0 Å². The van der Waals surface area contributed by atoms with Crippen molar-refractivity contribution in [2.45, 2.75) is 57.7 Å². The smallest absolute Gasteiger partial charge is 0.138 e. The number of ether oxygens (including phenoxy) is 2. The molecule has 4 rings (SSSR count). The molecular weight excluding hydrogens is 442 g/mol. The summed E-state index contributed by atoms with van der Waals surface area (Å²) in [5.41, 5.74) is 4.25. The molecule has 35 heavy (non-hydrogen) atoms. The zero-order valence-corrected chi connectivity index (χ0v) is 21.1. The maximum Gasteiger partial charge on any atom is 0.138 e. The van der Waals surface area contributed by atoms with E-state index in [9.17, 15) is 5.11 Å². The van der Waals surface area contributed by atoms with Crippen molar-refractivity contribution in [2.24, 2.45) is 5.92 Å². The maximum absolute atomic E-state index is 10.00. The summed E-state index contributed by atoms with van der Waals surface area (Å²) in [4.78, 5) is 5.00. The molecule has 8 heteroatoms. The van der Waals surface area contributed by atoms with E-state index >= 15 is 0 Å². The van der Waals surface area contributed by atoms with Gasteiger partial charge in [-0.3, -0.25) is 0 Å². The molecule has 2 aromatic rings. The van der Waals surface area contributed by atoms with E-state index in [0.29, 0.717) is 30.0 Å². The summed E-state index contributed by atoms with van der Waals surface area (Å²) in [5, 5.41) is 29.1. The number of rotatable bonds is 12. The van der Waals surface area contributed by atoms with Gasteiger partial charge in [-0.2, -0.15) is 0 Å². The summed E-state index contributed by atoms with van der Waals surface area (Å²) in [6, 6.07) is 10.4. The number of aromatic nitrogens is 1. The Kier molecular flexibility index (Phi) is 8.59. The van der Waals surface area contributed by atoms with Crippen LogP contribution in [0.1, 0.15) is 45.1 Å². The number of hydrogen-bond acceptors (Lipinski definition) is 8. The van der Waals surface area contributed by atoms with E-state index in [2.05, 4.69) is 35.9 Å². The molecule has 0 spiro atoms. The Hall–Kier alpha value is -2.68. The third kappa shape index (κ3) is 6.93. The fourth-order valence-electron chi connectivity index (χ4n) is 4.33. The Bertz CT molecular complexity index is 1000. The Labute approximate surface area is 208 Å². The van der Waals surface area contributed by atoms with Crippen molar-refractivity contribution in [1.29, 1.82) is 5.41 Å². The minimum atomic E-state index is -0.577. The van der Waals surface area contributed by atoms with Crippen molar-refractivity contribution in [1.82, 2.24) is 10.3 Å². The Morgan fingerprint density at radius 1 is 1.20 bits per heavy atom. The van der Waals surface area contributed by atoms with Gasteiger partial charge in [0.1, 0.15) is 24.3 Å². The van der Waals surface area contributed by atoms with Crippen LogP contribution in [0.15, 0.2) is 30.3 Å². The van der Waals surface area contributed by atoms with Crippen LogP contribution in [0.5, 0.6) is 5.75 Å². The molecule has 8 nitrogen and oxygen atoms in total. The zero-order chi connectivity index (χ0) is 24.8. The average Bonchev–Trinajstić information content (AvgIpc) is 3.69. The van der Waals surface area contributed by atoms with Crippen molar-refractivity contribution in [3.05, 3.63) is 35.9 Å². The fourth-order valence-corrected chi connectivity index (χ4v) is 4.33. The predicted molar refractivity (Wildman–Crippen MR) is 141 cm³/mol. The van der Waals surface area contributed by atoms with Gasteiger partial charge in [0, 0.05) is 54.7 Å². The lowest BCUT2D eigenvalue weighted by Crippen LogP contribution is -2.29. The lowest BCUT2D eigenvalue weighted by molar-refractivity contribution is 0.0904. The van der Waals surface area contributed by atoms with Crippen LogP contribution in [-0.4, -0.2) is 67.4 Å². The second-order valence-corrected chi connectivity index (χ2v) is 9.85. The average molecular weight is 482 g/mol. The highest BCUT2D eigenvalue weighted by Gasteiger charge is 2.32. The molecule has 0 radical (unpaired) electrons. The van der Waals surface area contributed by atoms with Gasteiger partial charge in [0.15, 0.2) is 0 Å². The predicted octanol–water partition coefficient (Wildman–Crippen LogP) is 3.90. The molecule has 1 atom stereocenters. The van der Waals surface area contributed by atoms with Gasteiger partial charge in [-0.1, -0.05) is 12.1 Å². The molecule has 5 N–H and O–H groups in total. The number of anilines is 2. The number of aliphatic hydroxyl groups excluding tert-OH is 1. The lowest BCUT2D eigenvalue weighted by Gasteiger charge is -2.27. The molecule has 2 fully saturated rings. The van der Waals surface area contributed by atoms with Crippen molar-refractivity contribution in [3.8, 4) is 17.0 Å². The number of pyridine rings is 1. The van der Waals surface area contributed by atoms with E-state index in [1.54, 1.807) is 7.05 Å². The fraction of sp³-hybridized carbons (Fsp3) is 0.556. The molecule has 1 aromatic carbocycles. The molecule has 1 aromatic heterocycles. The van der Waals surface area contributed by atoms with Crippen LogP contribution in [0, 0.1) is 11.3 Å². The SMILES string of the molecule is CNCC(O)COc1cccc(-c2cc(NC3CCOCC3)c(C(=N)C3CC3)c(NC(C)C)n2)c1. The van der Waals surface area contributed by atoms with Crippen LogP contribution >= 0.6 is 0 Å². The second kappa shape index (κ2) is 11.8. The van der Waals surface area contributed by atoms with Crippen LogP contribution in [0.25, 0.3) is 11.3 Å². The molecule has 1 saturated heterocycles. The van der Waals surface area contributed by atoms with Gasteiger partial charge in [-0.15, -0.1) is 0 Å². The number of benzene rings is 1. The molecule has 1 unspecified atom stereocenters. The Morgan fingerprint density at radius 3 is 2.66 bits per heavy atom. The molecule has 1 saturated carbocycles. The first-order valence-corrected chi connectivity index (χ1v) is 12.7. The lowest BCUT2D eigenvalue weighted by atomic mass is 10.00. The van der Waals surface area contributed by atoms with Crippen LogP contribution < -0.4 is 20.7 Å². The van der Waals surface area contributed by atoms with Crippen LogP contribution in [0.2, 0.25) is 0 Å². The second-order valence-electron chi connectivity index (χ2n) is 9.85. The van der Waals surface area contributed by atoms with E-state index in [1.807, 2.05) is 24.3 Å². The van der Waals surface area contributed by atoms with E-state index < -0.39 is 6.10 Å².